The summed E-state index contributed by atoms with van der Waals surface area (Å²) >= 11 is 3.14. The molecule has 8 heteroatoms. The fraction of sp³-hybridized carbons (Fsp3) is 0.294. The van der Waals surface area contributed by atoms with Gasteiger partial charge in [0.2, 0.25) is 0 Å². The van der Waals surface area contributed by atoms with Crippen molar-refractivity contribution in [2.75, 3.05) is 0 Å². The Morgan fingerprint density at radius 1 is 1.12 bits per heavy atom. The van der Waals surface area contributed by atoms with Gasteiger partial charge in [-0.1, -0.05) is 30.0 Å². The van der Waals surface area contributed by atoms with Gasteiger partial charge in [0, 0.05) is 11.8 Å². The molecule has 2 heterocycles. The van der Waals surface area contributed by atoms with Crippen LogP contribution in [0.2, 0.25) is 0 Å². The van der Waals surface area contributed by atoms with Crippen LogP contribution in [-0.4, -0.2) is 14.8 Å². The molecule has 0 aliphatic heterocycles. The summed E-state index contributed by atoms with van der Waals surface area (Å²) in [4.78, 5) is 1.08. The number of nitrogens with zero attached hydrogens (tertiary/aromatic N) is 3. The van der Waals surface area contributed by atoms with Crippen LogP contribution in [0.5, 0.6) is 0 Å². The molecule has 1 aliphatic rings. The number of benzene rings is 1. The van der Waals surface area contributed by atoms with E-state index in [9.17, 15) is 13.2 Å². The van der Waals surface area contributed by atoms with E-state index in [-0.39, 0.29) is 0 Å². The van der Waals surface area contributed by atoms with Gasteiger partial charge >= 0.3 is 6.18 Å². The average Bonchev–Trinajstić information content (AvgIpc) is 3.10. The summed E-state index contributed by atoms with van der Waals surface area (Å²) in [5.41, 5.74) is 0.211. The lowest BCUT2D eigenvalue weighted by molar-refractivity contribution is -0.137. The summed E-state index contributed by atoms with van der Waals surface area (Å²) in [6, 6.07) is 9.74. The molecule has 0 amide bonds. The Morgan fingerprint density at radius 2 is 1.88 bits per heavy atom. The number of rotatable bonds is 5. The third-order valence-electron chi connectivity index (χ3n) is 3.97. The van der Waals surface area contributed by atoms with Gasteiger partial charge in [-0.15, -0.1) is 21.5 Å². The third kappa shape index (κ3) is 3.59. The van der Waals surface area contributed by atoms with E-state index in [0.717, 1.165) is 46.4 Å². The lowest BCUT2D eigenvalue weighted by Gasteiger charge is -2.09. The van der Waals surface area contributed by atoms with Gasteiger partial charge in [-0.05, 0) is 42.0 Å². The molecule has 1 fully saturated rings. The standard InChI is InChI=1S/C17H14F3N3S2/c18-17(19,20)12-5-3-11(4-6-12)10-25-16-22-21-15(14-2-1-9-24-14)23(16)13-7-8-13/h1-6,9,13H,7-8,10H2. The lowest BCUT2D eigenvalue weighted by Crippen LogP contribution is -2.04. The monoisotopic (exact) mass is 381 g/mol. The molecule has 1 saturated carbocycles. The zero-order chi connectivity index (χ0) is 17.4. The fourth-order valence-corrected chi connectivity index (χ4v) is 4.22. The molecule has 2 aromatic heterocycles. The van der Waals surface area contributed by atoms with Crippen LogP contribution in [0.4, 0.5) is 13.2 Å². The van der Waals surface area contributed by atoms with E-state index in [1.54, 1.807) is 11.3 Å². The van der Waals surface area contributed by atoms with E-state index in [2.05, 4.69) is 14.8 Å². The highest BCUT2D eigenvalue weighted by atomic mass is 32.2. The first-order valence-corrected chi connectivity index (χ1v) is 9.66. The molecule has 130 valence electrons. The van der Waals surface area contributed by atoms with Crippen molar-refractivity contribution in [1.29, 1.82) is 0 Å². The lowest BCUT2D eigenvalue weighted by atomic mass is 10.1. The van der Waals surface area contributed by atoms with Crippen LogP contribution < -0.4 is 0 Å². The highest BCUT2D eigenvalue weighted by Crippen LogP contribution is 2.42. The predicted octanol–water partition coefficient (Wildman–Crippen LogP) is 5.65. The summed E-state index contributed by atoms with van der Waals surface area (Å²) in [6.07, 6.45) is -2.07. The second kappa shape index (κ2) is 6.49. The van der Waals surface area contributed by atoms with Crippen LogP contribution in [0.25, 0.3) is 10.7 Å². The Balaban J connectivity index is 1.52. The Kier molecular flexibility index (Phi) is 4.33. The van der Waals surface area contributed by atoms with E-state index < -0.39 is 11.7 Å². The highest BCUT2D eigenvalue weighted by molar-refractivity contribution is 7.98. The molecule has 0 bridgehead atoms. The molecule has 1 aromatic carbocycles. The summed E-state index contributed by atoms with van der Waals surface area (Å²) in [7, 11) is 0. The van der Waals surface area contributed by atoms with Crippen LogP contribution in [0.1, 0.15) is 30.0 Å². The van der Waals surface area contributed by atoms with Crippen LogP contribution in [0.15, 0.2) is 46.9 Å². The average molecular weight is 381 g/mol. The molecular formula is C17H14F3N3S2. The molecule has 1 aliphatic carbocycles. The SMILES string of the molecule is FC(F)(F)c1ccc(CSc2nnc(-c3cccs3)n2C2CC2)cc1. The van der Waals surface area contributed by atoms with Gasteiger partial charge in [-0.25, -0.2) is 0 Å². The number of alkyl halides is 3. The quantitative estimate of drug-likeness (QED) is 0.535. The molecule has 0 radical (unpaired) electrons. The molecule has 3 nitrogen and oxygen atoms in total. The minimum atomic E-state index is -4.30. The summed E-state index contributed by atoms with van der Waals surface area (Å²) in [5.74, 6) is 1.44. The Hall–Kier alpha value is -1.80. The zero-order valence-electron chi connectivity index (χ0n) is 13.0. The molecular weight excluding hydrogens is 367 g/mol. The minimum Gasteiger partial charge on any atom is -0.298 e. The van der Waals surface area contributed by atoms with Crippen molar-refractivity contribution in [3.63, 3.8) is 0 Å². The maximum absolute atomic E-state index is 12.6. The molecule has 4 rings (SSSR count). The summed E-state index contributed by atoms with van der Waals surface area (Å²) in [6.45, 7) is 0. The summed E-state index contributed by atoms with van der Waals surface area (Å²) in [5, 5.41) is 11.5. The number of halogens is 3. The Morgan fingerprint density at radius 3 is 2.48 bits per heavy atom. The second-order valence-corrected chi connectivity index (χ2v) is 7.76. The number of thiophene rings is 1. The molecule has 25 heavy (non-hydrogen) atoms. The van der Waals surface area contributed by atoms with Crippen molar-refractivity contribution < 1.29 is 13.2 Å². The van der Waals surface area contributed by atoms with E-state index in [1.807, 2.05) is 17.5 Å². The van der Waals surface area contributed by atoms with Crippen molar-refractivity contribution >= 4 is 23.1 Å². The molecule has 0 spiro atoms. The number of aromatic nitrogens is 3. The van der Waals surface area contributed by atoms with Gasteiger partial charge in [0.25, 0.3) is 0 Å². The molecule has 0 N–H and O–H groups in total. The first-order valence-electron chi connectivity index (χ1n) is 7.80. The van der Waals surface area contributed by atoms with Gasteiger partial charge < -0.3 is 0 Å². The third-order valence-corrected chi connectivity index (χ3v) is 5.85. The fourth-order valence-electron chi connectivity index (χ4n) is 2.55. The van der Waals surface area contributed by atoms with Gasteiger partial charge in [0.05, 0.1) is 10.4 Å². The van der Waals surface area contributed by atoms with Crippen molar-refractivity contribution in [1.82, 2.24) is 14.8 Å². The van der Waals surface area contributed by atoms with Gasteiger partial charge in [-0.3, -0.25) is 4.57 Å². The van der Waals surface area contributed by atoms with E-state index in [1.165, 1.54) is 23.9 Å². The molecule has 0 saturated heterocycles. The number of thioether (sulfide) groups is 1. The maximum Gasteiger partial charge on any atom is 0.416 e. The van der Waals surface area contributed by atoms with Crippen molar-refractivity contribution in [2.45, 2.75) is 36.0 Å². The van der Waals surface area contributed by atoms with Gasteiger partial charge in [-0.2, -0.15) is 13.2 Å². The predicted molar refractivity (Wildman–Crippen MR) is 92.6 cm³/mol. The zero-order valence-corrected chi connectivity index (χ0v) is 14.7. The Labute approximate surface area is 150 Å². The van der Waals surface area contributed by atoms with Gasteiger partial charge in [0.1, 0.15) is 0 Å². The van der Waals surface area contributed by atoms with Crippen molar-refractivity contribution in [3.05, 3.63) is 52.9 Å². The minimum absolute atomic E-state index is 0.433. The van der Waals surface area contributed by atoms with Crippen molar-refractivity contribution in [2.24, 2.45) is 0 Å². The smallest absolute Gasteiger partial charge is 0.298 e. The molecule has 0 atom stereocenters. The van der Waals surface area contributed by atoms with Crippen LogP contribution in [-0.2, 0) is 11.9 Å². The first kappa shape index (κ1) is 16.7. The highest BCUT2D eigenvalue weighted by Gasteiger charge is 2.31. The van der Waals surface area contributed by atoms with Gasteiger partial charge in [0.15, 0.2) is 11.0 Å². The van der Waals surface area contributed by atoms with Crippen LogP contribution in [0.3, 0.4) is 0 Å². The number of hydrogen-bond acceptors (Lipinski definition) is 4. The van der Waals surface area contributed by atoms with E-state index >= 15 is 0 Å². The first-order chi connectivity index (χ1) is 12.0. The van der Waals surface area contributed by atoms with Crippen molar-refractivity contribution in [3.8, 4) is 10.7 Å². The van der Waals surface area contributed by atoms with Crippen LogP contribution >= 0.6 is 23.1 Å². The van der Waals surface area contributed by atoms with E-state index in [4.69, 9.17) is 0 Å². The Bertz CT molecular complexity index is 850. The maximum atomic E-state index is 12.6. The normalized spacial score (nSPS) is 14.8. The molecule has 3 aromatic rings. The largest absolute Gasteiger partial charge is 0.416 e. The second-order valence-electron chi connectivity index (χ2n) is 5.87. The topological polar surface area (TPSA) is 30.7 Å². The van der Waals surface area contributed by atoms with Crippen LogP contribution in [0, 0.1) is 0 Å². The summed E-state index contributed by atoms with van der Waals surface area (Å²) < 4.78 is 40.1. The number of hydrogen-bond donors (Lipinski definition) is 0. The van der Waals surface area contributed by atoms with E-state index in [0.29, 0.717) is 11.8 Å². The molecule has 0 unspecified atom stereocenters.